The van der Waals surface area contributed by atoms with Crippen molar-refractivity contribution >= 4 is 11.3 Å². The van der Waals surface area contributed by atoms with Crippen LogP contribution in [-0.2, 0) is 6.54 Å². The molecule has 1 saturated carbocycles. The maximum Gasteiger partial charge on any atom is 0.197 e. The average Bonchev–Trinajstić information content (AvgIpc) is 3.18. The van der Waals surface area contributed by atoms with Gasteiger partial charge in [0.2, 0.25) is 0 Å². The number of rotatable bonds is 3. The summed E-state index contributed by atoms with van der Waals surface area (Å²) >= 11 is 0. The summed E-state index contributed by atoms with van der Waals surface area (Å²) in [4.78, 5) is 13.5. The fourth-order valence-electron chi connectivity index (χ4n) is 3.15. The minimum Gasteiger partial charge on any atom is -0.314 e. The van der Waals surface area contributed by atoms with Gasteiger partial charge in [-0.1, -0.05) is 19.3 Å². The number of fused-ring (bicyclic) bond motifs is 1. The molecule has 0 spiro atoms. The van der Waals surface area contributed by atoms with Crippen molar-refractivity contribution in [2.45, 2.75) is 38.6 Å². The van der Waals surface area contributed by atoms with Crippen LogP contribution in [-0.4, -0.2) is 29.7 Å². The monoisotopic (exact) mass is 282 g/mol. The summed E-state index contributed by atoms with van der Waals surface area (Å²) in [5.41, 5.74) is 3.38. The molecule has 6 heteroatoms. The number of H-pyrrole nitrogens is 1. The normalized spacial score (nSPS) is 16.6. The quantitative estimate of drug-likeness (QED) is 0.801. The highest BCUT2D eigenvalue weighted by Crippen LogP contribution is 2.26. The number of aromatic amines is 1. The lowest BCUT2D eigenvalue weighted by Crippen LogP contribution is -2.13. The molecule has 0 aromatic carbocycles. The van der Waals surface area contributed by atoms with E-state index in [0.29, 0.717) is 0 Å². The third-order valence-electron chi connectivity index (χ3n) is 4.30. The molecule has 1 N–H and O–H groups in total. The van der Waals surface area contributed by atoms with Crippen molar-refractivity contribution in [1.29, 1.82) is 0 Å². The first-order valence-corrected chi connectivity index (χ1v) is 7.57. The van der Waals surface area contributed by atoms with Crippen LogP contribution in [0.5, 0.6) is 0 Å². The summed E-state index contributed by atoms with van der Waals surface area (Å²) in [5, 5.41) is 6.78. The van der Waals surface area contributed by atoms with E-state index >= 15 is 0 Å². The molecule has 1 aliphatic carbocycles. The Morgan fingerprint density at radius 1 is 1.14 bits per heavy atom. The van der Waals surface area contributed by atoms with Crippen LogP contribution >= 0.6 is 0 Å². The van der Waals surface area contributed by atoms with Crippen LogP contribution in [0.3, 0.4) is 0 Å². The molecule has 21 heavy (non-hydrogen) atoms. The molecule has 108 valence electrons. The van der Waals surface area contributed by atoms with Gasteiger partial charge in [-0.2, -0.15) is 5.10 Å². The van der Waals surface area contributed by atoms with Gasteiger partial charge in [0.15, 0.2) is 11.3 Å². The van der Waals surface area contributed by atoms with Crippen LogP contribution in [0.25, 0.3) is 22.6 Å². The first kappa shape index (κ1) is 12.5. The molecule has 3 heterocycles. The van der Waals surface area contributed by atoms with E-state index in [1.54, 1.807) is 12.4 Å². The number of nitrogens with zero attached hydrogens (tertiary/aromatic N) is 5. The zero-order chi connectivity index (χ0) is 14.1. The Morgan fingerprint density at radius 2 is 2.05 bits per heavy atom. The summed E-state index contributed by atoms with van der Waals surface area (Å²) in [5.74, 6) is 0.746. The van der Waals surface area contributed by atoms with E-state index in [4.69, 9.17) is 4.98 Å². The van der Waals surface area contributed by atoms with E-state index in [1.807, 2.05) is 12.5 Å². The third kappa shape index (κ3) is 2.41. The molecule has 0 atom stereocenters. The van der Waals surface area contributed by atoms with Gasteiger partial charge < -0.3 is 4.57 Å². The van der Waals surface area contributed by atoms with Crippen LogP contribution in [0.4, 0.5) is 0 Å². The van der Waals surface area contributed by atoms with Crippen molar-refractivity contribution in [1.82, 2.24) is 29.7 Å². The van der Waals surface area contributed by atoms with Crippen molar-refractivity contribution in [2.75, 3.05) is 0 Å². The van der Waals surface area contributed by atoms with E-state index in [2.05, 4.69) is 24.7 Å². The van der Waals surface area contributed by atoms with Crippen molar-refractivity contribution in [3.05, 3.63) is 24.9 Å². The van der Waals surface area contributed by atoms with Crippen molar-refractivity contribution in [3.8, 4) is 11.3 Å². The van der Waals surface area contributed by atoms with Crippen LogP contribution in [0, 0.1) is 5.92 Å². The van der Waals surface area contributed by atoms with Crippen LogP contribution in [0.2, 0.25) is 0 Å². The van der Waals surface area contributed by atoms with Gasteiger partial charge in [0.1, 0.15) is 0 Å². The fraction of sp³-hybridized carbons (Fsp3) is 0.467. The van der Waals surface area contributed by atoms with Gasteiger partial charge in [0.25, 0.3) is 0 Å². The SMILES string of the molecule is c1n[nH]cc1-c1cnc2ncn(CC3CCCCC3)c2n1. The van der Waals surface area contributed by atoms with Gasteiger partial charge >= 0.3 is 0 Å². The van der Waals surface area contributed by atoms with E-state index in [-0.39, 0.29) is 0 Å². The molecule has 3 aromatic rings. The zero-order valence-corrected chi connectivity index (χ0v) is 11.9. The summed E-state index contributed by atoms with van der Waals surface area (Å²) in [7, 11) is 0. The highest BCUT2D eigenvalue weighted by Gasteiger charge is 2.16. The molecule has 0 amide bonds. The number of hydrogen-bond donors (Lipinski definition) is 1. The first-order valence-electron chi connectivity index (χ1n) is 7.57. The van der Waals surface area contributed by atoms with Gasteiger partial charge in [0, 0.05) is 18.3 Å². The van der Waals surface area contributed by atoms with Crippen molar-refractivity contribution in [2.24, 2.45) is 5.92 Å². The second kappa shape index (κ2) is 5.27. The second-order valence-electron chi connectivity index (χ2n) is 5.79. The predicted octanol–water partition coefficient (Wildman–Crippen LogP) is 2.80. The summed E-state index contributed by atoms with van der Waals surface area (Å²) < 4.78 is 2.15. The third-order valence-corrected chi connectivity index (χ3v) is 4.30. The maximum absolute atomic E-state index is 4.72. The standard InChI is InChI=1S/C15H18N6/c1-2-4-11(5-3-1)9-21-10-17-14-15(21)20-13(8-16-14)12-6-18-19-7-12/h6-8,10-11H,1-5,9H2,(H,18,19). The lowest BCUT2D eigenvalue weighted by molar-refractivity contribution is 0.321. The molecule has 0 aliphatic heterocycles. The van der Waals surface area contributed by atoms with Crippen molar-refractivity contribution < 1.29 is 0 Å². The minimum atomic E-state index is 0.720. The van der Waals surface area contributed by atoms with Gasteiger partial charge in [0.05, 0.1) is 24.4 Å². The highest BCUT2D eigenvalue weighted by atomic mass is 15.1. The Hall–Kier alpha value is -2.24. The lowest BCUT2D eigenvalue weighted by Gasteiger charge is -2.21. The molecule has 0 saturated heterocycles. The minimum absolute atomic E-state index is 0.720. The van der Waals surface area contributed by atoms with Crippen LogP contribution in [0.15, 0.2) is 24.9 Å². The lowest BCUT2D eigenvalue weighted by atomic mass is 9.89. The zero-order valence-electron chi connectivity index (χ0n) is 11.9. The predicted molar refractivity (Wildman–Crippen MR) is 79.5 cm³/mol. The average molecular weight is 282 g/mol. The van der Waals surface area contributed by atoms with Crippen LogP contribution in [0.1, 0.15) is 32.1 Å². The Morgan fingerprint density at radius 3 is 2.86 bits per heavy atom. The van der Waals surface area contributed by atoms with E-state index in [0.717, 1.165) is 35.0 Å². The summed E-state index contributed by atoms with van der Waals surface area (Å²) in [6.45, 7) is 1.00. The molecule has 6 nitrogen and oxygen atoms in total. The highest BCUT2D eigenvalue weighted by molar-refractivity contribution is 5.70. The Balaban J connectivity index is 1.67. The van der Waals surface area contributed by atoms with Gasteiger partial charge in [-0.3, -0.25) is 5.10 Å². The Bertz CT molecular complexity index is 724. The Kier molecular flexibility index (Phi) is 3.14. The molecule has 3 aromatic heterocycles. The maximum atomic E-state index is 4.72. The number of imidazole rings is 1. The molecule has 4 rings (SSSR count). The fourth-order valence-corrected chi connectivity index (χ4v) is 3.15. The number of nitrogens with one attached hydrogen (secondary N) is 1. The largest absolute Gasteiger partial charge is 0.314 e. The number of hydrogen-bond acceptors (Lipinski definition) is 4. The smallest absolute Gasteiger partial charge is 0.197 e. The summed E-state index contributed by atoms with van der Waals surface area (Å²) in [6, 6.07) is 0. The van der Waals surface area contributed by atoms with Gasteiger partial charge in [-0.25, -0.2) is 15.0 Å². The van der Waals surface area contributed by atoms with E-state index in [1.165, 1.54) is 32.1 Å². The molecular formula is C15H18N6. The molecule has 1 fully saturated rings. The van der Waals surface area contributed by atoms with Crippen LogP contribution < -0.4 is 0 Å². The molecular weight excluding hydrogens is 264 g/mol. The number of aromatic nitrogens is 6. The Labute approximate surface area is 122 Å². The summed E-state index contributed by atoms with van der Waals surface area (Å²) in [6.07, 6.45) is 13.9. The molecule has 0 bridgehead atoms. The molecule has 0 unspecified atom stereocenters. The van der Waals surface area contributed by atoms with Gasteiger partial charge in [-0.05, 0) is 18.8 Å². The first-order chi connectivity index (χ1) is 10.4. The molecule has 1 aliphatic rings. The molecule has 0 radical (unpaired) electrons. The van der Waals surface area contributed by atoms with Crippen molar-refractivity contribution in [3.63, 3.8) is 0 Å². The van der Waals surface area contributed by atoms with E-state index < -0.39 is 0 Å². The second-order valence-corrected chi connectivity index (χ2v) is 5.79. The van der Waals surface area contributed by atoms with E-state index in [9.17, 15) is 0 Å². The topological polar surface area (TPSA) is 72.3 Å². The van der Waals surface area contributed by atoms with Gasteiger partial charge in [-0.15, -0.1) is 0 Å².